The zero-order chi connectivity index (χ0) is 22.9. The number of imidazole rings is 2. The molecule has 8 aromatic rings. The second-order valence-corrected chi connectivity index (χ2v) is 8.29. The molecule has 34 heavy (non-hydrogen) atoms. The molecule has 0 spiro atoms. The number of rotatable bonds is 0. The van der Waals surface area contributed by atoms with Crippen LogP contribution in [-0.2, 0) is 0 Å². The fraction of sp³-hybridized carbons (Fsp3) is 0. The van der Waals surface area contributed by atoms with Crippen LogP contribution in [0.2, 0.25) is 0 Å². The standard InChI is InChI=1S/C24H8F2N6O2/c25-11-5-17-19(27-7-11)29-21-13-1-9-3-16-14(2-10(9)4-15(13)23(33)31(17)21)22-30-20-18(32(22)24(16)34)6-12(26)8-28-20/h1-8H. The van der Waals surface area contributed by atoms with Gasteiger partial charge in [-0.3, -0.25) is 18.4 Å². The van der Waals surface area contributed by atoms with Crippen molar-refractivity contribution >= 4 is 65.9 Å². The molecule has 0 amide bonds. The molecule has 0 N–H and O–H groups in total. The monoisotopic (exact) mass is 450 g/mol. The van der Waals surface area contributed by atoms with E-state index in [1.165, 1.54) is 20.9 Å². The molecule has 0 saturated carbocycles. The van der Waals surface area contributed by atoms with Crippen molar-refractivity contribution in [2.45, 2.75) is 0 Å². The lowest BCUT2D eigenvalue weighted by atomic mass is 10.0. The van der Waals surface area contributed by atoms with E-state index in [1.54, 1.807) is 24.3 Å². The second kappa shape index (κ2) is 5.54. The van der Waals surface area contributed by atoms with Crippen molar-refractivity contribution < 1.29 is 8.78 Å². The third-order valence-corrected chi connectivity index (χ3v) is 6.42. The molecule has 2 aromatic carbocycles. The number of nitrogens with zero attached hydrogens (tertiary/aromatic N) is 6. The van der Waals surface area contributed by atoms with Crippen LogP contribution < -0.4 is 11.1 Å². The number of aromatic nitrogens is 6. The Balaban J connectivity index is 1.53. The lowest BCUT2D eigenvalue weighted by molar-refractivity contribution is 0.623. The van der Waals surface area contributed by atoms with Crippen molar-refractivity contribution in [1.82, 2.24) is 28.7 Å². The Kier molecular flexibility index (Phi) is 2.88. The summed E-state index contributed by atoms with van der Waals surface area (Å²) in [5, 5.41) is 3.44. The Morgan fingerprint density at radius 2 is 1.00 bits per heavy atom. The van der Waals surface area contributed by atoms with Crippen molar-refractivity contribution in [3.63, 3.8) is 0 Å². The summed E-state index contributed by atoms with van der Waals surface area (Å²) in [6, 6.07) is 9.51. The molecular weight excluding hydrogens is 442 g/mol. The van der Waals surface area contributed by atoms with Gasteiger partial charge in [-0.1, -0.05) is 0 Å². The van der Waals surface area contributed by atoms with Gasteiger partial charge in [-0.15, -0.1) is 0 Å². The fourth-order valence-corrected chi connectivity index (χ4v) is 4.96. The highest BCUT2D eigenvalue weighted by Crippen LogP contribution is 2.31. The van der Waals surface area contributed by atoms with Crippen molar-refractivity contribution in [3.05, 3.63) is 81.1 Å². The summed E-state index contributed by atoms with van der Waals surface area (Å²) in [5.74, 6) is -1.12. The van der Waals surface area contributed by atoms with Crippen LogP contribution >= 0.6 is 0 Å². The van der Waals surface area contributed by atoms with Crippen LogP contribution in [-0.4, -0.2) is 28.7 Å². The number of hydrogen-bond acceptors (Lipinski definition) is 6. The summed E-state index contributed by atoms with van der Waals surface area (Å²) in [5.41, 5.74) is 1.24. The van der Waals surface area contributed by atoms with E-state index in [0.29, 0.717) is 43.9 Å². The first-order valence-corrected chi connectivity index (χ1v) is 10.3. The van der Waals surface area contributed by atoms with Crippen molar-refractivity contribution in [2.75, 3.05) is 0 Å². The molecule has 10 heteroatoms. The number of fused-ring (bicyclic) bond motifs is 11. The molecule has 0 atom stereocenters. The van der Waals surface area contributed by atoms with Gasteiger partial charge >= 0.3 is 0 Å². The first kappa shape index (κ1) is 17.7. The summed E-state index contributed by atoms with van der Waals surface area (Å²) in [6.07, 6.45) is 2.11. The van der Waals surface area contributed by atoms with Crippen molar-refractivity contribution in [1.29, 1.82) is 0 Å². The van der Waals surface area contributed by atoms with E-state index in [9.17, 15) is 18.4 Å². The third kappa shape index (κ3) is 1.97. The summed E-state index contributed by atoms with van der Waals surface area (Å²) >= 11 is 0. The van der Waals surface area contributed by atoms with Gasteiger partial charge in [-0.05, 0) is 35.0 Å². The van der Waals surface area contributed by atoms with E-state index < -0.39 is 11.6 Å². The number of hydrogen-bond donors (Lipinski definition) is 0. The fourth-order valence-electron chi connectivity index (χ4n) is 4.96. The van der Waals surface area contributed by atoms with Gasteiger partial charge in [0.2, 0.25) is 0 Å². The summed E-state index contributed by atoms with van der Waals surface area (Å²) in [6.45, 7) is 0. The van der Waals surface area contributed by atoms with Gasteiger partial charge in [-0.25, -0.2) is 28.7 Å². The minimum absolute atomic E-state index is 0.276. The van der Waals surface area contributed by atoms with Crippen LogP contribution in [0.4, 0.5) is 8.78 Å². The quantitative estimate of drug-likeness (QED) is 0.352. The largest absolute Gasteiger partial charge is 0.268 e. The number of halogens is 2. The molecule has 0 aliphatic carbocycles. The van der Waals surface area contributed by atoms with Gasteiger partial charge < -0.3 is 0 Å². The maximum atomic E-state index is 13.8. The summed E-state index contributed by atoms with van der Waals surface area (Å²) < 4.78 is 30.3. The average Bonchev–Trinajstić information content (AvgIpc) is 3.52. The first-order valence-electron chi connectivity index (χ1n) is 10.3. The lowest BCUT2D eigenvalue weighted by Gasteiger charge is -1.99. The Labute approximate surface area is 185 Å². The maximum absolute atomic E-state index is 13.8. The molecule has 0 saturated heterocycles. The van der Waals surface area contributed by atoms with Gasteiger partial charge in [0.05, 0.1) is 34.2 Å². The van der Waals surface area contributed by atoms with Crippen LogP contribution in [0.5, 0.6) is 0 Å². The second-order valence-electron chi connectivity index (χ2n) is 8.29. The smallest absolute Gasteiger partial charge is 0.264 e. The highest BCUT2D eigenvalue weighted by molar-refractivity contribution is 6.12. The maximum Gasteiger partial charge on any atom is 0.264 e. The molecule has 0 fully saturated rings. The molecule has 0 aliphatic rings. The minimum atomic E-state index is -0.559. The SMILES string of the molecule is O=c1c2cc3cc4c(cc3cc2c2nc3ncc(F)cc3n12)c(=O)n1c2cc(F)cnc2nc41. The predicted molar refractivity (Wildman–Crippen MR) is 122 cm³/mol. The van der Waals surface area contributed by atoms with Gasteiger partial charge in [0, 0.05) is 22.9 Å². The van der Waals surface area contributed by atoms with Crippen molar-refractivity contribution in [3.8, 4) is 0 Å². The van der Waals surface area contributed by atoms with Gasteiger partial charge in [0.15, 0.2) is 22.6 Å². The first-order chi connectivity index (χ1) is 16.5. The van der Waals surface area contributed by atoms with Gasteiger partial charge in [0.1, 0.15) is 11.6 Å². The van der Waals surface area contributed by atoms with E-state index in [1.807, 2.05) is 0 Å². The third-order valence-electron chi connectivity index (χ3n) is 6.42. The summed E-state index contributed by atoms with van der Waals surface area (Å²) in [4.78, 5) is 43.2. The Bertz CT molecular complexity index is 2140. The van der Waals surface area contributed by atoms with Crippen LogP contribution in [0.25, 0.3) is 65.9 Å². The molecule has 160 valence electrons. The normalized spacial score (nSPS) is 12.6. The van der Waals surface area contributed by atoms with E-state index >= 15 is 0 Å². The van der Waals surface area contributed by atoms with Crippen LogP contribution in [0.15, 0.2) is 58.4 Å². The molecule has 8 rings (SSSR count). The van der Waals surface area contributed by atoms with E-state index in [2.05, 4.69) is 19.9 Å². The van der Waals surface area contributed by atoms with Crippen LogP contribution in [0.1, 0.15) is 0 Å². The average molecular weight is 450 g/mol. The molecule has 0 radical (unpaired) electrons. The summed E-state index contributed by atoms with van der Waals surface area (Å²) in [7, 11) is 0. The zero-order valence-corrected chi connectivity index (χ0v) is 16.9. The Morgan fingerprint density at radius 1 is 0.588 bits per heavy atom. The Hall–Kier alpha value is -4.86. The highest BCUT2D eigenvalue weighted by atomic mass is 19.1. The molecule has 6 heterocycles. The number of pyridine rings is 2. The molecule has 0 unspecified atom stereocenters. The number of benzene rings is 2. The lowest BCUT2D eigenvalue weighted by Crippen LogP contribution is -2.06. The van der Waals surface area contributed by atoms with E-state index in [-0.39, 0.29) is 22.4 Å². The topological polar surface area (TPSA) is 94.5 Å². The Morgan fingerprint density at radius 3 is 1.44 bits per heavy atom. The van der Waals surface area contributed by atoms with E-state index in [0.717, 1.165) is 23.2 Å². The molecule has 6 aromatic heterocycles. The van der Waals surface area contributed by atoms with Crippen molar-refractivity contribution in [2.24, 2.45) is 0 Å². The van der Waals surface area contributed by atoms with Gasteiger partial charge in [0.25, 0.3) is 11.1 Å². The molecule has 0 bridgehead atoms. The molecule has 0 aliphatic heterocycles. The molecular formula is C24H8F2N6O2. The minimum Gasteiger partial charge on any atom is -0.268 e. The zero-order valence-electron chi connectivity index (χ0n) is 16.9. The van der Waals surface area contributed by atoms with Crippen LogP contribution in [0.3, 0.4) is 0 Å². The van der Waals surface area contributed by atoms with Crippen LogP contribution in [0, 0.1) is 11.6 Å². The van der Waals surface area contributed by atoms with Gasteiger partial charge in [-0.2, -0.15) is 0 Å². The van der Waals surface area contributed by atoms with E-state index in [4.69, 9.17) is 0 Å². The highest BCUT2D eigenvalue weighted by Gasteiger charge is 2.20. The molecule has 8 nitrogen and oxygen atoms in total. The predicted octanol–water partition coefficient (Wildman–Crippen LogP) is 3.41.